The largest absolute Gasteiger partial charge is 0.497 e. The fraction of sp³-hybridized carbons (Fsp3) is 0.250. The van der Waals surface area contributed by atoms with Gasteiger partial charge in [-0.15, -0.1) is 0 Å². The van der Waals surface area contributed by atoms with Gasteiger partial charge in [0.05, 0.1) is 7.11 Å². The lowest BCUT2D eigenvalue weighted by Gasteiger charge is -2.11. The number of ether oxygens (including phenoxy) is 2. The van der Waals surface area contributed by atoms with Gasteiger partial charge in [0.1, 0.15) is 23.9 Å². The lowest BCUT2D eigenvalue weighted by molar-refractivity contribution is 0.303. The molecule has 0 aromatic heterocycles. The van der Waals surface area contributed by atoms with Crippen LogP contribution in [0.4, 0.5) is 4.39 Å². The molecular weight excluding hydrogens is 257 g/mol. The van der Waals surface area contributed by atoms with Crippen LogP contribution in [-0.4, -0.2) is 7.11 Å². The molecule has 0 fully saturated rings. The molecule has 0 radical (unpaired) electrons. The Kier molecular flexibility index (Phi) is 4.58. The van der Waals surface area contributed by atoms with Gasteiger partial charge in [-0.1, -0.05) is 18.2 Å². The van der Waals surface area contributed by atoms with Gasteiger partial charge in [-0.3, -0.25) is 0 Å². The van der Waals surface area contributed by atoms with Crippen molar-refractivity contribution in [2.24, 2.45) is 5.73 Å². The molecule has 3 nitrogen and oxygen atoms in total. The molecule has 2 aromatic carbocycles. The molecule has 1 unspecified atom stereocenters. The van der Waals surface area contributed by atoms with Crippen LogP contribution in [0.1, 0.15) is 24.1 Å². The van der Waals surface area contributed by atoms with Gasteiger partial charge in [0.25, 0.3) is 0 Å². The molecule has 4 heteroatoms. The standard InChI is InChI=1S/C16H18FNO2/c1-11(18)15-7-6-14(9-16(15)17)20-10-12-4-3-5-13(8-12)19-2/h3-9,11H,10,18H2,1-2H3. The Morgan fingerprint density at radius 2 is 1.95 bits per heavy atom. The molecule has 2 aromatic rings. The van der Waals surface area contributed by atoms with Gasteiger partial charge in [0.2, 0.25) is 0 Å². The molecule has 0 saturated carbocycles. The molecule has 0 amide bonds. The van der Waals surface area contributed by atoms with Crippen molar-refractivity contribution in [1.29, 1.82) is 0 Å². The fourth-order valence-corrected chi connectivity index (χ4v) is 1.90. The summed E-state index contributed by atoms with van der Waals surface area (Å²) in [6.45, 7) is 2.10. The maximum atomic E-state index is 13.8. The zero-order valence-electron chi connectivity index (χ0n) is 11.6. The van der Waals surface area contributed by atoms with Crippen molar-refractivity contribution < 1.29 is 13.9 Å². The summed E-state index contributed by atoms with van der Waals surface area (Å²) in [6.07, 6.45) is 0. The third-order valence-electron chi connectivity index (χ3n) is 3.00. The second-order valence-electron chi connectivity index (χ2n) is 4.61. The Labute approximate surface area is 118 Å². The normalized spacial score (nSPS) is 12.0. The third kappa shape index (κ3) is 3.48. The summed E-state index contributed by atoms with van der Waals surface area (Å²) < 4.78 is 24.5. The smallest absolute Gasteiger partial charge is 0.131 e. The first-order chi connectivity index (χ1) is 9.60. The molecule has 0 aliphatic rings. The third-order valence-corrected chi connectivity index (χ3v) is 3.00. The lowest BCUT2D eigenvalue weighted by Crippen LogP contribution is -2.07. The Balaban J connectivity index is 2.05. The summed E-state index contributed by atoms with van der Waals surface area (Å²) in [7, 11) is 1.61. The highest BCUT2D eigenvalue weighted by Gasteiger charge is 2.08. The van der Waals surface area contributed by atoms with Crippen LogP contribution < -0.4 is 15.2 Å². The van der Waals surface area contributed by atoms with Crippen LogP contribution >= 0.6 is 0 Å². The van der Waals surface area contributed by atoms with E-state index in [9.17, 15) is 4.39 Å². The maximum absolute atomic E-state index is 13.8. The second-order valence-corrected chi connectivity index (χ2v) is 4.61. The molecule has 2 rings (SSSR count). The second kappa shape index (κ2) is 6.39. The average Bonchev–Trinajstić information content (AvgIpc) is 2.45. The minimum Gasteiger partial charge on any atom is -0.497 e. The molecule has 0 saturated heterocycles. The van der Waals surface area contributed by atoms with E-state index in [0.29, 0.717) is 17.9 Å². The summed E-state index contributed by atoms with van der Waals surface area (Å²) in [4.78, 5) is 0. The average molecular weight is 275 g/mol. The minimum absolute atomic E-state index is 0.331. The van der Waals surface area contributed by atoms with E-state index < -0.39 is 0 Å². The van der Waals surface area contributed by atoms with Gasteiger partial charge in [-0.05, 0) is 30.7 Å². The van der Waals surface area contributed by atoms with Crippen molar-refractivity contribution in [2.45, 2.75) is 19.6 Å². The number of nitrogens with two attached hydrogens (primary N) is 1. The van der Waals surface area contributed by atoms with E-state index in [-0.39, 0.29) is 11.9 Å². The van der Waals surface area contributed by atoms with Crippen LogP contribution in [0.5, 0.6) is 11.5 Å². The molecule has 0 bridgehead atoms. The highest BCUT2D eigenvalue weighted by Crippen LogP contribution is 2.22. The van der Waals surface area contributed by atoms with Crippen LogP contribution in [0, 0.1) is 5.82 Å². The number of benzene rings is 2. The summed E-state index contributed by atoms with van der Waals surface area (Å²) in [5, 5.41) is 0. The predicted molar refractivity (Wildman–Crippen MR) is 76.3 cm³/mol. The molecule has 2 N–H and O–H groups in total. The van der Waals surface area contributed by atoms with E-state index in [0.717, 1.165) is 11.3 Å². The number of methoxy groups -OCH3 is 1. The van der Waals surface area contributed by atoms with Gasteiger partial charge in [-0.2, -0.15) is 0 Å². The molecule has 20 heavy (non-hydrogen) atoms. The molecule has 0 heterocycles. The molecule has 0 spiro atoms. The zero-order chi connectivity index (χ0) is 14.5. The first-order valence-corrected chi connectivity index (χ1v) is 6.41. The monoisotopic (exact) mass is 275 g/mol. The van der Waals surface area contributed by atoms with Crippen molar-refractivity contribution in [1.82, 2.24) is 0 Å². The Morgan fingerprint density at radius 3 is 2.60 bits per heavy atom. The Morgan fingerprint density at radius 1 is 1.15 bits per heavy atom. The fourth-order valence-electron chi connectivity index (χ4n) is 1.90. The highest BCUT2D eigenvalue weighted by molar-refractivity contribution is 5.32. The maximum Gasteiger partial charge on any atom is 0.131 e. The molecule has 0 aliphatic heterocycles. The van der Waals surface area contributed by atoms with E-state index in [1.54, 1.807) is 26.2 Å². The topological polar surface area (TPSA) is 44.5 Å². The van der Waals surface area contributed by atoms with Gasteiger partial charge in [-0.25, -0.2) is 4.39 Å². The molecular formula is C16H18FNO2. The van der Waals surface area contributed by atoms with Crippen LogP contribution in [0.3, 0.4) is 0 Å². The van der Waals surface area contributed by atoms with Crippen LogP contribution in [0.2, 0.25) is 0 Å². The number of halogens is 1. The Bertz CT molecular complexity index is 584. The van der Waals surface area contributed by atoms with Crippen molar-refractivity contribution in [2.75, 3.05) is 7.11 Å². The SMILES string of the molecule is COc1cccc(COc2ccc(C(C)N)c(F)c2)c1. The number of hydrogen-bond acceptors (Lipinski definition) is 3. The van der Waals surface area contributed by atoms with E-state index in [1.807, 2.05) is 24.3 Å². The van der Waals surface area contributed by atoms with Gasteiger partial charge in [0, 0.05) is 17.7 Å². The van der Waals surface area contributed by atoms with Crippen molar-refractivity contribution >= 4 is 0 Å². The first kappa shape index (κ1) is 14.3. The van der Waals surface area contributed by atoms with Crippen molar-refractivity contribution in [3.63, 3.8) is 0 Å². The summed E-state index contributed by atoms with van der Waals surface area (Å²) in [5.74, 6) is 0.905. The summed E-state index contributed by atoms with van der Waals surface area (Å²) in [5.41, 5.74) is 7.11. The van der Waals surface area contributed by atoms with Gasteiger partial charge in [0.15, 0.2) is 0 Å². The lowest BCUT2D eigenvalue weighted by atomic mass is 10.1. The molecule has 0 aliphatic carbocycles. The predicted octanol–water partition coefficient (Wildman–Crippen LogP) is 3.43. The molecule has 1 atom stereocenters. The van der Waals surface area contributed by atoms with Crippen LogP contribution in [0.25, 0.3) is 0 Å². The van der Waals surface area contributed by atoms with E-state index in [1.165, 1.54) is 6.07 Å². The highest BCUT2D eigenvalue weighted by atomic mass is 19.1. The van der Waals surface area contributed by atoms with Crippen LogP contribution in [-0.2, 0) is 6.61 Å². The van der Waals surface area contributed by atoms with Crippen molar-refractivity contribution in [3.8, 4) is 11.5 Å². The van der Waals surface area contributed by atoms with Gasteiger partial charge < -0.3 is 15.2 Å². The van der Waals surface area contributed by atoms with E-state index in [2.05, 4.69) is 0 Å². The Hall–Kier alpha value is -2.07. The molecule has 106 valence electrons. The summed E-state index contributed by atoms with van der Waals surface area (Å²) >= 11 is 0. The van der Waals surface area contributed by atoms with E-state index in [4.69, 9.17) is 15.2 Å². The van der Waals surface area contributed by atoms with Gasteiger partial charge >= 0.3 is 0 Å². The number of rotatable bonds is 5. The zero-order valence-corrected chi connectivity index (χ0v) is 11.6. The first-order valence-electron chi connectivity index (χ1n) is 6.41. The van der Waals surface area contributed by atoms with E-state index >= 15 is 0 Å². The quantitative estimate of drug-likeness (QED) is 0.909. The summed E-state index contributed by atoms with van der Waals surface area (Å²) in [6, 6.07) is 12.0. The van der Waals surface area contributed by atoms with Crippen LogP contribution in [0.15, 0.2) is 42.5 Å². The number of hydrogen-bond donors (Lipinski definition) is 1. The van der Waals surface area contributed by atoms with Crippen molar-refractivity contribution in [3.05, 3.63) is 59.4 Å². The minimum atomic E-state index is -0.344.